The second-order valence-corrected chi connectivity index (χ2v) is 3.92. The van der Waals surface area contributed by atoms with Crippen molar-refractivity contribution in [1.29, 1.82) is 0 Å². The number of nitrogens with zero attached hydrogens (tertiary/aromatic N) is 1. The van der Waals surface area contributed by atoms with E-state index in [2.05, 4.69) is 0 Å². The zero-order valence-electron chi connectivity index (χ0n) is 10.1. The fraction of sp³-hybridized carbons (Fsp3) is 0.0769. The second-order valence-electron chi connectivity index (χ2n) is 3.92. The molecule has 3 N–H and O–H groups in total. The molecule has 0 aliphatic carbocycles. The summed E-state index contributed by atoms with van der Waals surface area (Å²) in [4.78, 5) is 21.7. The molecule has 1 heterocycles. The van der Waals surface area contributed by atoms with E-state index in [1.165, 1.54) is 24.3 Å². The number of aromatic hydroxyl groups is 2. The van der Waals surface area contributed by atoms with Crippen LogP contribution in [-0.4, -0.2) is 32.1 Å². The summed E-state index contributed by atoms with van der Waals surface area (Å²) in [6, 6.07) is 8.02. The summed E-state index contributed by atoms with van der Waals surface area (Å²) in [5, 5.41) is 28.2. The quantitative estimate of drug-likeness (QED) is 0.712. The lowest BCUT2D eigenvalue weighted by atomic mass is 10.2. The molecule has 0 bridgehead atoms. The molecule has 2 aromatic rings. The first kappa shape index (κ1) is 13.5. The highest BCUT2D eigenvalue weighted by Crippen LogP contribution is 2.28. The maximum Gasteiger partial charge on any atom is 0.367 e. The molecule has 0 saturated heterocycles. The van der Waals surface area contributed by atoms with Crippen molar-refractivity contribution in [3.8, 4) is 17.5 Å². The Morgan fingerprint density at radius 3 is 2.10 bits per heavy atom. The van der Waals surface area contributed by atoms with Crippen LogP contribution in [0, 0.1) is 0 Å². The summed E-state index contributed by atoms with van der Waals surface area (Å²) < 4.78 is 5.93. The van der Waals surface area contributed by atoms with Gasteiger partial charge in [-0.3, -0.25) is 4.79 Å². The van der Waals surface area contributed by atoms with E-state index in [0.717, 1.165) is 16.7 Å². The van der Waals surface area contributed by atoms with E-state index >= 15 is 0 Å². The summed E-state index contributed by atoms with van der Waals surface area (Å²) in [6.45, 7) is 0. The van der Waals surface area contributed by atoms with E-state index in [4.69, 9.17) is 9.84 Å². The van der Waals surface area contributed by atoms with E-state index in [9.17, 15) is 19.8 Å². The van der Waals surface area contributed by atoms with Gasteiger partial charge in [0, 0.05) is 17.7 Å². The molecule has 104 valence electrons. The van der Waals surface area contributed by atoms with Crippen molar-refractivity contribution < 1.29 is 29.6 Å². The van der Waals surface area contributed by atoms with Gasteiger partial charge in [-0.1, -0.05) is 0 Å². The highest BCUT2D eigenvalue weighted by atomic mass is 16.5. The average Bonchev–Trinajstić information content (AvgIpc) is 2.76. The number of aliphatic carboxylic acids is 1. The van der Waals surface area contributed by atoms with Crippen LogP contribution < -0.4 is 4.74 Å². The smallest absolute Gasteiger partial charge is 0.367 e. The van der Waals surface area contributed by atoms with Crippen LogP contribution in [0.1, 0.15) is 16.6 Å². The minimum Gasteiger partial charge on any atom is -0.494 e. The van der Waals surface area contributed by atoms with Crippen molar-refractivity contribution >= 4 is 12.3 Å². The van der Waals surface area contributed by atoms with Crippen LogP contribution in [-0.2, 0) is 4.79 Å². The SMILES string of the molecule is O=Cc1ccc(OC(C(=O)O)n2c(O)ccc2O)cc1. The van der Waals surface area contributed by atoms with Gasteiger partial charge in [-0.25, -0.2) is 9.36 Å². The second kappa shape index (κ2) is 5.35. The zero-order valence-corrected chi connectivity index (χ0v) is 10.1. The van der Waals surface area contributed by atoms with E-state index in [-0.39, 0.29) is 5.75 Å². The Bertz CT molecular complexity index is 611. The van der Waals surface area contributed by atoms with Gasteiger partial charge in [-0.2, -0.15) is 0 Å². The maximum atomic E-state index is 11.2. The van der Waals surface area contributed by atoms with Crippen molar-refractivity contribution in [2.24, 2.45) is 0 Å². The molecule has 0 radical (unpaired) electrons. The Balaban J connectivity index is 2.30. The summed E-state index contributed by atoms with van der Waals surface area (Å²) >= 11 is 0. The van der Waals surface area contributed by atoms with Gasteiger partial charge in [0.2, 0.25) is 0 Å². The van der Waals surface area contributed by atoms with Crippen LogP contribution in [0.4, 0.5) is 0 Å². The Morgan fingerprint density at radius 1 is 1.10 bits per heavy atom. The largest absolute Gasteiger partial charge is 0.494 e. The number of aldehydes is 1. The lowest BCUT2D eigenvalue weighted by Gasteiger charge is -2.18. The molecule has 1 atom stereocenters. The number of carboxylic acids is 1. The number of carbonyl (C=O) groups excluding carboxylic acids is 1. The lowest BCUT2D eigenvalue weighted by Crippen LogP contribution is -2.24. The normalized spacial score (nSPS) is 11.8. The average molecular weight is 277 g/mol. The molecule has 1 aromatic heterocycles. The van der Waals surface area contributed by atoms with Gasteiger partial charge in [0.05, 0.1) is 0 Å². The minimum absolute atomic E-state index is 0.176. The predicted octanol–water partition coefficient (Wildman–Crippen LogP) is 1.37. The predicted molar refractivity (Wildman–Crippen MR) is 66.9 cm³/mol. The number of carbonyl (C=O) groups is 2. The lowest BCUT2D eigenvalue weighted by molar-refractivity contribution is -0.150. The van der Waals surface area contributed by atoms with Gasteiger partial charge in [-0.05, 0) is 24.3 Å². The monoisotopic (exact) mass is 277 g/mol. The van der Waals surface area contributed by atoms with Crippen LogP contribution in [0.25, 0.3) is 0 Å². The number of hydrogen-bond donors (Lipinski definition) is 3. The molecule has 7 heteroatoms. The molecule has 1 unspecified atom stereocenters. The van der Waals surface area contributed by atoms with Crippen molar-refractivity contribution in [1.82, 2.24) is 4.57 Å². The summed E-state index contributed by atoms with van der Waals surface area (Å²) in [5.41, 5.74) is 0.413. The number of rotatable bonds is 5. The van der Waals surface area contributed by atoms with Crippen LogP contribution in [0.5, 0.6) is 17.5 Å². The zero-order chi connectivity index (χ0) is 14.7. The molecule has 0 aliphatic rings. The Kier molecular flexibility index (Phi) is 3.60. The van der Waals surface area contributed by atoms with Crippen molar-refractivity contribution in [3.63, 3.8) is 0 Å². The topological polar surface area (TPSA) is 109 Å². The Hall–Kier alpha value is -2.96. The van der Waals surface area contributed by atoms with Crippen molar-refractivity contribution in [2.45, 2.75) is 6.23 Å². The molecule has 0 fully saturated rings. The molecule has 0 aliphatic heterocycles. The molecule has 2 rings (SSSR count). The molecular weight excluding hydrogens is 266 g/mol. The van der Waals surface area contributed by atoms with Gasteiger partial charge in [0.25, 0.3) is 6.23 Å². The van der Waals surface area contributed by atoms with E-state index in [1.54, 1.807) is 0 Å². The van der Waals surface area contributed by atoms with Gasteiger partial charge in [0.15, 0.2) is 11.8 Å². The summed E-state index contributed by atoms with van der Waals surface area (Å²) in [6.07, 6.45) is -0.991. The third-order valence-corrected chi connectivity index (χ3v) is 2.58. The first-order chi connectivity index (χ1) is 9.52. The van der Waals surface area contributed by atoms with Crippen molar-refractivity contribution in [3.05, 3.63) is 42.0 Å². The van der Waals surface area contributed by atoms with Crippen LogP contribution in [0.3, 0.4) is 0 Å². The number of ether oxygens (including phenoxy) is 1. The molecule has 7 nitrogen and oxygen atoms in total. The molecule has 0 amide bonds. The first-order valence-electron chi connectivity index (χ1n) is 5.57. The van der Waals surface area contributed by atoms with Crippen LogP contribution in [0.2, 0.25) is 0 Å². The molecule has 20 heavy (non-hydrogen) atoms. The van der Waals surface area contributed by atoms with Gasteiger partial charge >= 0.3 is 5.97 Å². The third kappa shape index (κ3) is 2.56. The molecular formula is C13H11NO6. The fourth-order valence-corrected chi connectivity index (χ4v) is 1.63. The Labute approximate surface area is 113 Å². The van der Waals surface area contributed by atoms with E-state index in [1.807, 2.05) is 0 Å². The standard InChI is InChI=1S/C13H11NO6/c15-7-8-1-3-9(4-2-8)20-12(13(18)19)14-10(16)5-6-11(14)17/h1-7,12,16-17H,(H,18,19). The molecule has 0 saturated carbocycles. The number of aromatic nitrogens is 1. The van der Waals surface area contributed by atoms with E-state index in [0.29, 0.717) is 11.8 Å². The van der Waals surface area contributed by atoms with Crippen molar-refractivity contribution in [2.75, 3.05) is 0 Å². The third-order valence-electron chi connectivity index (χ3n) is 2.58. The highest BCUT2D eigenvalue weighted by Gasteiger charge is 2.26. The highest BCUT2D eigenvalue weighted by molar-refractivity contribution is 5.75. The number of hydrogen-bond acceptors (Lipinski definition) is 5. The number of carboxylic acid groups (broad SMARTS) is 1. The number of benzene rings is 1. The minimum atomic E-state index is -1.63. The maximum absolute atomic E-state index is 11.2. The van der Waals surface area contributed by atoms with Gasteiger partial charge in [0.1, 0.15) is 12.0 Å². The summed E-state index contributed by atoms with van der Waals surface area (Å²) in [5.74, 6) is -2.11. The fourth-order valence-electron chi connectivity index (χ4n) is 1.63. The van der Waals surface area contributed by atoms with Crippen LogP contribution >= 0.6 is 0 Å². The summed E-state index contributed by atoms with van der Waals surface area (Å²) in [7, 11) is 0. The molecule has 1 aromatic carbocycles. The van der Waals surface area contributed by atoms with Gasteiger partial charge in [-0.15, -0.1) is 0 Å². The van der Waals surface area contributed by atoms with Gasteiger partial charge < -0.3 is 20.1 Å². The van der Waals surface area contributed by atoms with E-state index < -0.39 is 24.0 Å². The van der Waals surface area contributed by atoms with Crippen LogP contribution in [0.15, 0.2) is 36.4 Å². The first-order valence-corrected chi connectivity index (χ1v) is 5.57. The Morgan fingerprint density at radius 2 is 1.65 bits per heavy atom. The molecule has 0 spiro atoms.